The molecule has 0 saturated heterocycles. The third-order valence-electron chi connectivity index (χ3n) is 1.58. The van der Waals surface area contributed by atoms with Gasteiger partial charge in [-0.25, -0.2) is 0 Å². The predicted octanol–water partition coefficient (Wildman–Crippen LogP) is 1.28. The van der Waals surface area contributed by atoms with Crippen molar-refractivity contribution in [1.82, 2.24) is 14.8 Å². The Balaban J connectivity index is 0.000000845. The van der Waals surface area contributed by atoms with Crippen LogP contribution >= 0.6 is 0 Å². The number of pyridine rings is 1. The zero-order valence-corrected chi connectivity index (χ0v) is 9.46. The summed E-state index contributed by atoms with van der Waals surface area (Å²) in [6.07, 6.45) is 6.52. The van der Waals surface area contributed by atoms with Gasteiger partial charge in [-0.05, 0) is 18.0 Å². The normalized spacial score (nSPS) is 9.31. The van der Waals surface area contributed by atoms with E-state index in [0.29, 0.717) is 0 Å². The third-order valence-corrected chi connectivity index (χ3v) is 1.58. The molecule has 0 N–H and O–H groups in total. The second kappa shape index (κ2) is 4.30. The summed E-state index contributed by atoms with van der Waals surface area (Å²) in [6, 6.07) is 5.77. The van der Waals surface area contributed by atoms with E-state index in [1.54, 1.807) is 10.9 Å². The molecule has 69 valence electrons. The van der Waals surface area contributed by atoms with E-state index in [9.17, 15) is 0 Å². The van der Waals surface area contributed by atoms with E-state index in [1.807, 2.05) is 31.4 Å². The fourth-order valence-corrected chi connectivity index (χ4v) is 1.02. The van der Waals surface area contributed by atoms with Gasteiger partial charge in [-0.2, -0.15) is 0 Å². The monoisotopic (exact) mass is 351 g/mol. The summed E-state index contributed by atoms with van der Waals surface area (Å²) < 4.78 is 1.71. The first-order chi connectivity index (χ1) is 5.86. The van der Waals surface area contributed by atoms with Crippen molar-refractivity contribution < 1.29 is 20.1 Å². The molecule has 0 aliphatic heterocycles. The van der Waals surface area contributed by atoms with E-state index in [4.69, 9.17) is 0 Å². The van der Waals surface area contributed by atoms with Gasteiger partial charge in [0, 0.05) is 33.3 Å². The van der Waals surface area contributed by atoms with Crippen LogP contribution in [0.15, 0.2) is 30.6 Å². The van der Waals surface area contributed by atoms with Gasteiger partial charge in [-0.15, -0.1) is 5.56 Å². The number of nitrogens with zero attached hydrogens (tertiary/aromatic N) is 3. The number of aromatic nitrogens is 3. The summed E-state index contributed by atoms with van der Waals surface area (Å²) in [5.74, 6) is 0. The van der Waals surface area contributed by atoms with Gasteiger partial charge in [0.1, 0.15) is 0 Å². The molecule has 13 heavy (non-hydrogen) atoms. The Bertz CT molecular complexity index is 369. The Morgan fingerprint density at radius 2 is 2.23 bits per heavy atom. The molecule has 2 aromatic rings. The number of hydrogen-bond acceptors (Lipinski definition) is 2. The van der Waals surface area contributed by atoms with Gasteiger partial charge in [0.15, 0.2) is 0 Å². The summed E-state index contributed by atoms with van der Waals surface area (Å²) >= 11 is 0. The van der Waals surface area contributed by atoms with E-state index in [1.165, 1.54) is 0 Å². The van der Waals surface area contributed by atoms with Crippen LogP contribution in [0.25, 0.3) is 11.3 Å². The van der Waals surface area contributed by atoms with Crippen LogP contribution in [0.4, 0.5) is 0 Å². The van der Waals surface area contributed by atoms with Gasteiger partial charge in [-0.3, -0.25) is 5.10 Å². The standard InChI is InChI=1S/C9H8N3.Ir/c1-12-7-8(6-11-12)9-4-2-3-5-10-9;/h2-5,7H,1H3;/q-1;. The number of rotatable bonds is 1. The molecule has 0 saturated carbocycles. The van der Waals surface area contributed by atoms with Gasteiger partial charge in [0.05, 0.1) is 0 Å². The van der Waals surface area contributed by atoms with Crippen molar-refractivity contribution in [3.05, 3.63) is 36.8 Å². The van der Waals surface area contributed by atoms with Crippen molar-refractivity contribution in [1.29, 1.82) is 0 Å². The smallest absolute Gasteiger partial charge is 0.0153 e. The molecule has 0 aliphatic rings. The summed E-state index contributed by atoms with van der Waals surface area (Å²) in [7, 11) is 1.86. The Kier molecular flexibility index (Phi) is 3.34. The molecule has 3 nitrogen and oxygen atoms in total. The molecule has 2 rings (SSSR count). The summed E-state index contributed by atoms with van der Waals surface area (Å²) in [4.78, 5) is 4.18. The zero-order valence-electron chi connectivity index (χ0n) is 7.06. The van der Waals surface area contributed by atoms with Crippen LogP contribution in [-0.2, 0) is 27.2 Å². The molecular weight excluding hydrogens is 342 g/mol. The maximum Gasteiger partial charge on any atom is 0.0153 e. The molecule has 2 aromatic heterocycles. The van der Waals surface area contributed by atoms with Crippen LogP contribution in [0, 0.1) is 6.20 Å². The molecule has 1 radical (unpaired) electrons. The van der Waals surface area contributed by atoms with Crippen molar-refractivity contribution >= 4 is 0 Å². The Morgan fingerprint density at radius 3 is 2.77 bits per heavy atom. The first-order valence-corrected chi connectivity index (χ1v) is 3.69. The van der Waals surface area contributed by atoms with Crippen LogP contribution in [0.2, 0.25) is 0 Å². The quantitative estimate of drug-likeness (QED) is 0.726. The maximum atomic E-state index is 4.18. The SMILES string of the molecule is Cn1cc(-c2ccccn2)[c-]n1.[Ir]. The predicted molar refractivity (Wildman–Crippen MR) is 45.3 cm³/mol. The molecule has 4 heteroatoms. The summed E-state index contributed by atoms with van der Waals surface area (Å²) in [5.41, 5.74) is 1.84. The van der Waals surface area contributed by atoms with E-state index >= 15 is 0 Å². The van der Waals surface area contributed by atoms with Gasteiger partial charge < -0.3 is 9.67 Å². The molecule has 2 heterocycles. The van der Waals surface area contributed by atoms with Gasteiger partial charge >= 0.3 is 0 Å². The van der Waals surface area contributed by atoms with Crippen LogP contribution in [0.1, 0.15) is 0 Å². The minimum atomic E-state index is 0. The molecule has 0 aromatic carbocycles. The molecule has 0 aliphatic carbocycles. The Morgan fingerprint density at radius 1 is 1.38 bits per heavy atom. The van der Waals surface area contributed by atoms with Crippen LogP contribution in [0.3, 0.4) is 0 Å². The molecule has 0 spiro atoms. The third kappa shape index (κ3) is 2.23. The average molecular weight is 350 g/mol. The van der Waals surface area contributed by atoms with Gasteiger partial charge in [0.2, 0.25) is 0 Å². The average Bonchev–Trinajstić information content (AvgIpc) is 2.54. The molecule has 0 amide bonds. The fraction of sp³-hybridized carbons (Fsp3) is 0.111. The first-order valence-electron chi connectivity index (χ1n) is 3.69. The minimum absolute atomic E-state index is 0. The van der Waals surface area contributed by atoms with Gasteiger partial charge in [0.25, 0.3) is 0 Å². The molecule has 0 atom stereocenters. The van der Waals surface area contributed by atoms with Crippen LogP contribution in [0.5, 0.6) is 0 Å². The van der Waals surface area contributed by atoms with E-state index in [0.717, 1.165) is 11.3 Å². The van der Waals surface area contributed by atoms with Crippen molar-refractivity contribution in [2.75, 3.05) is 0 Å². The summed E-state index contributed by atoms with van der Waals surface area (Å²) in [6.45, 7) is 0. The van der Waals surface area contributed by atoms with Gasteiger partial charge in [-0.1, -0.05) is 18.3 Å². The fourth-order valence-electron chi connectivity index (χ4n) is 1.02. The van der Waals surface area contributed by atoms with Crippen molar-refractivity contribution in [2.45, 2.75) is 0 Å². The van der Waals surface area contributed by atoms with Crippen LogP contribution in [-0.4, -0.2) is 14.8 Å². The molecular formula is C9H8IrN3-. The molecule has 0 bridgehead atoms. The molecule has 0 unspecified atom stereocenters. The molecule has 0 fully saturated rings. The van der Waals surface area contributed by atoms with E-state index < -0.39 is 0 Å². The van der Waals surface area contributed by atoms with Crippen molar-refractivity contribution in [3.8, 4) is 11.3 Å². The number of hydrogen-bond donors (Lipinski definition) is 0. The van der Waals surface area contributed by atoms with E-state index in [2.05, 4.69) is 16.3 Å². The van der Waals surface area contributed by atoms with E-state index in [-0.39, 0.29) is 20.1 Å². The minimum Gasteiger partial charge on any atom is -0.341 e. The number of aryl methyl sites for hydroxylation is 1. The zero-order chi connectivity index (χ0) is 8.39. The van der Waals surface area contributed by atoms with Crippen LogP contribution < -0.4 is 0 Å². The summed E-state index contributed by atoms with van der Waals surface area (Å²) in [5, 5.41) is 3.94. The second-order valence-corrected chi connectivity index (χ2v) is 2.54. The Labute approximate surface area is 90.2 Å². The van der Waals surface area contributed by atoms with Crippen molar-refractivity contribution in [3.63, 3.8) is 0 Å². The largest absolute Gasteiger partial charge is 0.341 e. The topological polar surface area (TPSA) is 30.7 Å². The Hall–Kier alpha value is -0.991. The second-order valence-electron chi connectivity index (χ2n) is 2.54. The first kappa shape index (κ1) is 10.1. The van der Waals surface area contributed by atoms with Crippen molar-refractivity contribution in [2.24, 2.45) is 7.05 Å². The maximum absolute atomic E-state index is 4.18.